The standard InChI is InChI=1S/C9H14N2/c10-6-2-1-3-9-4-7-11-8-5-9/h4,7,9,11H,3,5-6,8,10H2. The summed E-state index contributed by atoms with van der Waals surface area (Å²) in [6.45, 7) is 1.56. The lowest BCUT2D eigenvalue weighted by molar-refractivity contribution is 0.559. The van der Waals surface area contributed by atoms with Gasteiger partial charge in [-0.25, -0.2) is 0 Å². The summed E-state index contributed by atoms with van der Waals surface area (Å²) >= 11 is 0. The van der Waals surface area contributed by atoms with Crippen LogP contribution in [0.4, 0.5) is 0 Å². The molecule has 1 heterocycles. The van der Waals surface area contributed by atoms with E-state index in [0.717, 1.165) is 13.0 Å². The van der Waals surface area contributed by atoms with Gasteiger partial charge in [-0.05, 0) is 18.5 Å². The fraction of sp³-hybridized carbons (Fsp3) is 0.556. The molecular formula is C9H14N2. The Hall–Kier alpha value is -0.940. The molecule has 0 radical (unpaired) electrons. The summed E-state index contributed by atoms with van der Waals surface area (Å²) < 4.78 is 0. The highest BCUT2D eigenvalue weighted by Crippen LogP contribution is 2.11. The first kappa shape index (κ1) is 8.16. The molecule has 2 heteroatoms. The third-order valence-corrected chi connectivity index (χ3v) is 1.74. The molecule has 1 unspecified atom stereocenters. The second-order valence-corrected chi connectivity index (χ2v) is 2.62. The first-order valence-electron chi connectivity index (χ1n) is 3.99. The zero-order chi connectivity index (χ0) is 7.94. The predicted molar refractivity (Wildman–Crippen MR) is 46.7 cm³/mol. The lowest BCUT2D eigenvalue weighted by Gasteiger charge is -2.14. The van der Waals surface area contributed by atoms with Crippen molar-refractivity contribution in [1.82, 2.24) is 5.32 Å². The molecule has 1 rings (SSSR count). The van der Waals surface area contributed by atoms with Gasteiger partial charge in [0.15, 0.2) is 0 Å². The Morgan fingerprint density at radius 1 is 1.55 bits per heavy atom. The number of rotatable bonds is 1. The Balaban J connectivity index is 2.25. The van der Waals surface area contributed by atoms with E-state index in [4.69, 9.17) is 5.73 Å². The van der Waals surface area contributed by atoms with Crippen LogP contribution in [0.2, 0.25) is 0 Å². The van der Waals surface area contributed by atoms with Gasteiger partial charge in [0.05, 0.1) is 6.54 Å². The molecule has 1 aliphatic heterocycles. The summed E-state index contributed by atoms with van der Waals surface area (Å²) in [5.74, 6) is 6.55. The normalized spacial score (nSPS) is 21.7. The largest absolute Gasteiger partial charge is 0.391 e. The number of hydrogen-bond donors (Lipinski definition) is 2. The molecular weight excluding hydrogens is 136 g/mol. The van der Waals surface area contributed by atoms with Gasteiger partial charge in [0.1, 0.15) is 0 Å². The van der Waals surface area contributed by atoms with Gasteiger partial charge in [0, 0.05) is 13.0 Å². The van der Waals surface area contributed by atoms with Crippen molar-refractivity contribution >= 4 is 0 Å². The van der Waals surface area contributed by atoms with Crippen LogP contribution in [0, 0.1) is 17.8 Å². The molecule has 0 fully saturated rings. The predicted octanol–water partition coefficient (Wildman–Crippen LogP) is 0.462. The highest BCUT2D eigenvalue weighted by Gasteiger charge is 2.04. The Morgan fingerprint density at radius 2 is 2.45 bits per heavy atom. The quantitative estimate of drug-likeness (QED) is 0.533. The Morgan fingerprint density at radius 3 is 3.09 bits per heavy atom. The van der Waals surface area contributed by atoms with Gasteiger partial charge in [-0.3, -0.25) is 0 Å². The molecule has 0 spiro atoms. The zero-order valence-electron chi connectivity index (χ0n) is 6.64. The summed E-state index contributed by atoms with van der Waals surface area (Å²) in [6.07, 6.45) is 6.33. The van der Waals surface area contributed by atoms with E-state index in [-0.39, 0.29) is 0 Å². The van der Waals surface area contributed by atoms with Crippen LogP contribution < -0.4 is 11.1 Å². The highest BCUT2D eigenvalue weighted by atomic mass is 14.8. The van der Waals surface area contributed by atoms with Crippen LogP contribution in [0.15, 0.2) is 12.3 Å². The maximum atomic E-state index is 5.24. The van der Waals surface area contributed by atoms with E-state index in [2.05, 4.69) is 23.2 Å². The zero-order valence-corrected chi connectivity index (χ0v) is 6.64. The molecule has 0 saturated heterocycles. The van der Waals surface area contributed by atoms with Crippen molar-refractivity contribution < 1.29 is 0 Å². The van der Waals surface area contributed by atoms with E-state index in [9.17, 15) is 0 Å². The van der Waals surface area contributed by atoms with E-state index >= 15 is 0 Å². The molecule has 0 aromatic heterocycles. The van der Waals surface area contributed by atoms with Gasteiger partial charge in [0.25, 0.3) is 0 Å². The van der Waals surface area contributed by atoms with Crippen LogP contribution in [0.5, 0.6) is 0 Å². The molecule has 1 aliphatic rings. The minimum atomic E-state index is 0.481. The van der Waals surface area contributed by atoms with Gasteiger partial charge in [-0.15, -0.1) is 5.92 Å². The van der Waals surface area contributed by atoms with E-state index < -0.39 is 0 Å². The molecule has 0 amide bonds. The van der Waals surface area contributed by atoms with Crippen molar-refractivity contribution in [3.05, 3.63) is 12.3 Å². The van der Waals surface area contributed by atoms with E-state index in [1.54, 1.807) is 0 Å². The second kappa shape index (κ2) is 4.81. The summed E-state index contributed by atoms with van der Waals surface area (Å²) in [5, 5.41) is 3.15. The van der Waals surface area contributed by atoms with E-state index in [1.807, 2.05) is 6.20 Å². The highest BCUT2D eigenvalue weighted by molar-refractivity contribution is 5.05. The van der Waals surface area contributed by atoms with E-state index in [1.165, 1.54) is 6.42 Å². The van der Waals surface area contributed by atoms with E-state index in [0.29, 0.717) is 12.5 Å². The van der Waals surface area contributed by atoms with Crippen molar-refractivity contribution in [2.45, 2.75) is 12.8 Å². The number of allylic oxidation sites excluding steroid dienone is 1. The van der Waals surface area contributed by atoms with Crippen molar-refractivity contribution in [2.75, 3.05) is 13.1 Å². The lowest BCUT2D eigenvalue weighted by atomic mass is 10.00. The molecule has 11 heavy (non-hydrogen) atoms. The van der Waals surface area contributed by atoms with Crippen molar-refractivity contribution in [3.63, 3.8) is 0 Å². The molecule has 2 nitrogen and oxygen atoms in total. The molecule has 0 aliphatic carbocycles. The van der Waals surface area contributed by atoms with Crippen molar-refractivity contribution in [1.29, 1.82) is 0 Å². The van der Waals surface area contributed by atoms with Crippen LogP contribution in [0.25, 0.3) is 0 Å². The summed E-state index contributed by atoms with van der Waals surface area (Å²) in [5.41, 5.74) is 5.24. The Labute approximate surface area is 67.9 Å². The first-order valence-corrected chi connectivity index (χ1v) is 3.99. The van der Waals surface area contributed by atoms with Crippen molar-refractivity contribution in [2.24, 2.45) is 11.7 Å². The topological polar surface area (TPSA) is 38.0 Å². The molecule has 60 valence electrons. The maximum Gasteiger partial charge on any atom is 0.0551 e. The van der Waals surface area contributed by atoms with Gasteiger partial charge in [-0.2, -0.15) is 0 Å². The third-order valence-electron chi connectivity index (χ3n) is 1.74. The second-order valence-electron chi connectivity index (χ2n) is 2.62. The summed E-state index contributed by atoms with van der Waals surface area (Å²) in [7, 11) is 0. The minimum absolute atomic E-state index is 0.481. The van der Waals surface area contributed by atoms with Gasteiger partial charge < -0.3 is 11.1 Å². The van der Waals surface area contributed by atoms with Crippen LogP contribution >= 0.6 is 0 Å². The number of nitrogens with one attached hydrogen (secondary N) is 1. The van der Waals surface area contributed by atoms with Crippen LogP contribution in [0.3, 0.4) is 0 Å². The van der Waals surface area contributed by atoms with Crippen LogP contribution in [-0.4, -0.2) is 13.1 Å². The fourth-order valence-electron chi connectivity index (χ4n) is 1.10. The molecule has 3 N–H and O–H groups in total. The minimum Gasteiger partial charge on any atom is -0.391 e. The van der Waals surface area contributed by atoms with Crippen LogP contribution in [-0.2, 0) is 0 Å². The van der Waals surface area contributed by atoms with Gasteiger partial charge in [0.2, 0.25) is 0 Å². The number of hydrogen-bond acceptors (Lipinski definition) is 2. The van der Waals surface area contributed by atoms with Gasteiger partial charge in [-0.1, -0.05) is 12.0 Å². The molecule has 0 bridgehead atoms. The smallest absolute Gasteiger partial charge is 0.0551 e. The monoisotopic (exact) mass is 150 g/mol. The Bertz CT molecular complexity index is 185. The molecule has 1 atom stereocenters. The summed E-state index contributed by atoms with van der Waals surface area (Å²) in [4.78, 5) is 0. The SMILES string of the molecule is NCC#CCC1C=CNCC1. The maximum absolute atomic E-state index is 5.24. The first-order chi connectivity index (χ1) is 5.43. The average Bonchev–Trinajstić information content (AvgIpc) is 2.07. The Kier molecular flexibility index (Phi) is 3.57. The molecule has 0 aromatic rings. The molecule has 0 aromatic carbocycles. The lowest BCUT2D eigenvalue weighted by Crippen LogP contribution is -2.16. The average molecular weight is 150 g/mol. The third kappa shape index (κ3) is 3.10. The van der Waals surface area contributed by atoms with Crippen molar-refractivity contribution in [3.8, 4) is 11.8 Å². The van der Waals surface area contributed by atoms with Crippen LogP contribution in [0.1, 0.15) is 12.8 Å². The fourth-order valence-corrected chi connectivity index (χ4v) is 1.10. The number of nitrogens with two attached hydrogens (primary N) is 1. The molecule has 0 saturated carbocycles. The summed E-state index contributed by atoms with van der Waals surface area (Å²) in [6, 6.07) is 0. The van der Waals surface area contributed by atoms with Gasteiger partial charge >= 0.3 is 0 Å².